The second kappa shape index (κ2) is 7.02. The van der Waals surface area contributed by atoms with Crippen LogP contribution in [0.5, 0.6) is 0 Å². The highest BCUT2D eigenvalue weighted by atomic mass is 16.2. The smallest absolute Gasteiger partial charge is 0.275 e. The molecule has 0 radical (unpaired) electrons. The molecule has 21 heavy (non-hydrogen) atoms. The number of quaternary nitrogens is 1. The lowest BCUT2D eigenvalue weighted by Gasteiger charge is -2.20. The zero-order chi connectivity index (χ0) is 15.4. The Morgan fingerprint density at radius 1 is 1.24 bits per heavy atom. The Morgan fingerprint density at radius 3 is 2.33 bits per heavy atom. The zero-order valence-electron chi connectivity index (χ0n) is 13.0. The average molecular weight is 296 g/mol. The summed E-state index contributed by atoms with van der Waals surface area (Å²) >= 11 is 0. The lowest BCUT2D eigenvalue weighted by molar-refractivity contribution is -0.879. The molecule has 1 saturated carbocycles. The molecule has 6 heteroatoms. The topological polar surface area (TPSA) is 70.9 Å². The van der Waals surface area contributed by atoms with E-state index in [1.54, 1.807) is 0 Å². The minimum absolute atomic E-state index is 0.0296. The van der Waals surface area contributed by atoms with Crippen LogP contribution in [0.1, 0.15) is 39.0 Å². The van der Waals surface area contributed by atoms with Crippen molar-refractivity contribution in [2.24, 2.45) is 11.8 Å². The molecular weight excluding hydrogens is 270 g/mol. The summed E-state index contributed by atoms with van der Waals surface area (Å²) in [4.78, 5) is 38.6. The summed E-state index contributed by atoms with van der Waals surface area (Å²) < 4.78 is 0. The first-order valence-corrected chi connectivity index (χ1v) is 7.97. The lowest BCUT2D eigenvalue weighted by Crippen LogP contribution is -3.12. The molecule has 1 heterocycles. The third kappa shape index (κ3) is 3.61. The van der Waals surface area contributed by atoms with Gasteiger partial charge in [0.25, 0.3) is 5.91 Å². The summed E-state index contributed by atoms with van der Waals surface area (Å²) in [5.41, 5.74) is 0. The van der Waals surface area contributed by atoms with E-state index in [2.05, 4.69) is 5.32 Å². The van der Waals surface area contributed by atoms with Gasteiger partial charge in [0.05, 0.1) is 18.9 Å². The van der Waals surface area contributed by atoms with Crippen LogP contribution in [-0.2, 0) is 14.4 Å². The molecule has 0 spiro atoms. The highest BCUT2D eigenvalue weighted by Gasteiger charge is 2.49. The number of imide groups is 1. The molecule has 118 valence electrons. The van der Waals surface area contributed by atoms with Crippen molar-refractivity contribution in [1.29, 1.82) is 0 Å². The van der Waals surface area contributed by atoms with Crippen LogP contribution < -0.4 is 10.2 Å². The van der Waals surface area contributed by atoms with Crippen LogP contribution in [0.15, 0.2) is 0 Å². The van der Waals surface area contributed by atoms with Crippen LogP contribution in [-0.4, -0.2) is 49.4 Å². The lowest BCUT2D eigenvalue weighted by atomic mass is 9.81. The average Bonchev–Trinajstić information content (AvgIpc) is 2.71. The van der Waals surface area contributed by atoms with Crippen molar-refractivity contribution in [2.75, 3.05) is 26.8 Å². The number of carbonyl (C=O) groups is 3. The van der Waals surface area contributed by atoms with E-state index >= 15 is 0 Å². The molecule has 0 aromatic carbocycles. The van der Waals surface area contributed by atoms with E-state index in [0.717, 1.165) is 37.0 Å². The van der Waals surface area contributed by atoms with Crippen molar-refractivity contribution < 1.29 is 19.3 Å². The molecule has 1 aliphatic carbocycles. The van der Waals surface area contributed by atoms with E-state index in [-0.39, 0.29) is 36.1 Å². The molecule has 0 bridgehead atoms. The minimum atomic E-state index is -0.104. The molecule has 2 N–H and O–H groups in total. The predicted octanol–water partition coefficient (Wildman–Crippen LogP) is -0.840. The van der Waals surface area contributed by atoms with Crippen molar-refractivity contribution >= 4 is 17.7 Å². The molecule has 1 unspecified atom stereocenters. The van der Waals surface area contributed by atoms with E-state index < -0.39 is 0 Å². The molecule has 6 nitrogen and oxygen atoms in total. The predicted molar refractivity (Wildman–Crippen MR) is 77.2 cm³/mol. The molecule has 1 saturated heterocycles. The van der Waals surface area contributed by atoms with E-state index in [4.69, 9.17) is 0 Å². The number of nitrogens with one attached hydrogen (secondary N) is 2. The van der Waals surface area contributed by atoms with Gasteiger partial charge in [0.1, 0.15) is 0 Å². The van der Waals surface area contributed by atoms with Gasteiger partial charge in [0.15, 0.2) is 13.2 Å². The summed E-state index contributed by atoms with van der Waals surface area (Å²) in [7, 11) is 1.84. The standard InChI is InChI=1S/C15H25N3O3/c1-3-8-16-13(19)9-17(2)10-18-14(20)11-6-4-5-7-12(11)15(18)21/h11-12H,3-10H2,1-2H3,(H,16,19)/p+1/t11-,12-/m0/s1. The third-order valence-corrected chi connectivity index (χ3v) is 4.39. The third-order valence-electron chi connectivity index (χ3n) is 4.39. The number of likely N-dealkylation sites (tertiary alicyclic amines) is 1. The number of hydrogen-bond donors (Lipinski definition) is 2. The van der Waals surface area contributed by atoms with Crippen LogP contribution in [0.3, 0.4) is 0 Å². The van der Waals surface area contributed by atoms with Gasteiger partial charge in [-0.3, -0.25) is 14.4 Å². The Balaban J connectivity index is 1.88. The van der Waals surface area contributed by atoms with Crippen LogP contribution >= 0.6 is 0 Å². The van der Waals surface area contributed by atoms with Gasteiger partial charge in [-0.25, -0.2) is 4.90 Å². The first kappa shape index (κ1) is 15.9. The largest absolute Gasteiger partial charge is 0.351 e. The SMILES string of the molecule is CCCNC(=O)C[NH+](C)CN1C(=O)[C@H]2CCCC[C@@H]2C1=O. The molecule has 2 aliphatic rings. The highest BCUT2D eigenvalue weighted by Crippen LogP contribution is 2.37. The maximum absolute atomic E-state index is 12.3. The monoisotopic (exact) mass is 296 g/mol. The van der Waals surface area contributed by atoms with E-state index in [1.165, 1.54) is 4.90 Å². The van der Waals surface area contributed by atoms with Gasteiger partial charge >= 0.3 is 0 Å². The van der Waals surface area contributed by atoms with Gasteiger partial charge in [-0.15, -0.1) is 0 Å². The van der Waals surface area contributed by atoms with E-state index in [9.17, 15) is 14.4 Å². The Labute approximate surface area is 125 Å². The maximum Gasteiger partial charge on any atom is 0.275 e. The molecule has 3 atom stereocenters. The number of likely N-dealkylation sites (N-methyl/N-ethyl adjacent to an activating group) is 1. The number of fused-ring (bicyclic) bond motifs is 1. The van der Waals surface area contributed by atoms with Gasteiger partial charge in [-0.05, 0) is 19.3 Å². The fourth-order valence-corrected chi connectivity index (χ4v) is 3.31. The van der Waals surface area contributed by atoms with Crippen LogP contribution in [0.2, 0.25) is 0 Å². The summed E-state index contributed by atoms with van der Waals surface area (Å²) in [6.07, 6.45) is 4.65. The molecule has 0 aromatic heterocycles. The molecule has 1 aliphatic heterocycles. The van der Waals surface area contributed by atoms with Gasteiger partial charge in [-0.1, -0.05) is 19.8 Å². The minimum Gasteiger partial charge on any atom is -0.351 e. The molecular formula is C15H26N3O3+. The first-order valence-electron chi connectivity index (χ1n) is 7.97. The van der Waals surface area contributed by atoms with E-state index in [1.807, 2.05) is 14.0 Å². The van der Waals surface area contributed by atoms with Crippen molar-refractivity contribution in [3.8, 4) is 0 Å². The number of hydrogen-bond acceptors (Lipinski definition) is 3. The number of amides is 3. The second-order valence-electron chi connectivity index (χ2n) is 6.24. The van der Waals surface area contributed by atoms with Gasteiger partial charge in [0, 0.05) is 6.54 Å². The molecule has 2 rings (SSSR count). The van der Waals surface area contributed by atoms with Crippen molar-refractivity contribution in [3.05, 3.63) is 0 Å². The second-order valence-corrected chi connectivity index (χ2v) is 6.24. The number of nitrogens with zero attached hydrogens (tertiary/aromatic N) is 1. The quantitative estimate of drug-likeness (QED) is 0.628. The Hall–Kier alpha value is -1.43. The molecule has 0 aromatic rings. The van der Waals surface area contributed by atoms with E-state index in [0.29, 0.717) is 13.2 Å². The maximum atomic E-state index is 12.3. The van der Waals surface area contributed by atoms with Gasteiger partial charge in [0.2, 0.25) is 11.8 Å². The Bertz CT molecular complexity index is 400. The summed E-state index contributed by atoms with van der Waals surface area (Å²) in [6.45, 7) is 3.24. The molecule has 3 amide bonds. The Kier molecular flexibility index (Phi) is 5.33. The van der Waals surface area contributed by atoms with Crippen molar-refractivity contribution in [1.82, 2.24) is 10.2 Å². The zero-order valence-corrected chi connectivity index (χ0v) is 13.0. The number of carbonyl (C=O) groups excluding carboxylic acids is 3. The summed E-state index contributed by atoms with van der Waals surface area (Å²) in [6, 6.07) is 0. The fraction of sp³-hybridized carbons (Fsp3) is 0.800. The highest BCUT2D eigenvalue weighted by molar-refractivity contribution is 6.05. The number of rotatable bonds is 6. The van der Waals surface area contributed by atoms with Crippen LogP contribution in [0.4, 0.5) is 0 Å². The molecule has 2 fully saturated rings. The normalized spacial score (nSPS) is 26.7. The van der Waals surface area contributed by atoms with Crippen molar-refractivity contribution in [2.45, 2.75) is 39.0 Å². The Morgan fingerprint density at radius 2 is 1.81 bits per heavy atom. The van der Waals surface area contributed by atoms with Gasteiger partial charge in [-0.2, -0.15) is 0 Å². The summed E-state index contributed by atoms with van der Waals surface area (Å²) in [5, 5.41) is 2.81. The first-order chi connectivity index (χ1) is 10.0. The van der Waals surface area contributed by atoms with Crippen molar-refractivity contribution in [3.63, 3.8) is 0 Å². The van der Waals surface area contributed by atoms with Crippen LogP contribution in [0, 0.1) is 11.8 Å². The van der Waals surface area contributed by atoms with Gasteiger partial charge < -0.3 is 10.2 Å². The van der Waals surface area contributed by atoms with Crippen LogP contribution in [0.25, 0.3) is 0 Å². The summed E-state index contributed by atoms with van der Waals surface area (Å²) in [5.74, 6) is -0.303. The fourth-order valence-electron chi connectivity index (χ4n) is 3.31.